The Morgan fingerprint density at radius 3 is 3.07 bits per heavy atom. The number of nitrogens with one attached hydrogen (secondary N) is 1. The molecule has 0 amide bonds. The fourth-order valence-corrected chi connectivity index (χ4v) is 1.74. The first-order valence-corrected chi connectivity index (χ1v) is 5.27. The zero-order valence-electron chi connectivity index (χ0n) is 9.45. The summed E-state index contributed by atoms with van der Waals surface area (Å²) >= 11 is 0. The van der Waals surface area contributed by atoms with E-state index in [1.807, 2.05) is 7.05 Å². The van der Waals surface area contributed by atoms with E-state index >= 15 is 0 Å². The van der Waals surface area contributed by atoms with Crippen LogP contribution in [-0.4, -0.2) is 64.1 Å². The topological polar surface area (TPSA) is 33.7 Å². The smallest absolute Gasteiger partial charge is 0.0826 e. The van der Waals surface area contributed by atoms with Crippen molar-refractivity contribution < 1.29 is 9.47 Å². The van der Waals surface area contributed by atoms with Crippen LogP contribution in [-0.2, 0) is 9.47 Å². The third kappa shape index (κ3) is 3.92. The lowest BCUT2D eigenvalue weighted by molar-refractivity contribution is -0.0410. The number of ether oxygens (including phenoxy) is 2. The van der Waals surface area contributed by atoms with Crippen molar-refractivity contribution in [1.29, 1.82) is 0 Å². The maximum absolute atomic E-state index is 5.62. The number of rotatable bonds is 5. The first-order chi connectivity index (χ1) is 6.76. The molecule has 4 heteroatoms. The number of morpholine rings is 1. The van der Waals surface area contributed by atoms with Crippen LogP contribution in [0.3, 0.4) is 0 Å². The summed E-state index contributed by atoms with van der Waals surface area (Å²) < 4.78 is 10.9. The van der Waals surface area contributed by atoms with Crippen LogP contribution in [0.4, 0.5) is 0 Å². The van der Waals surface area contributed by atoms with Gasteiger partial charge in [-0.3, -0.25) is 4.90 Å². The van der Waals surface area contributed by atoms with Gasteiger partial charge in [0.15, 0.2) is 0 Å². The van der Waals surface area contributed by atoms with Crippen LogP contribution < -0.4 is 5.32 Å². The number of hydrogen-bond donors (Lipinski definition) is 1. The Hall–Kier alpha value is -0.160. The van der Waals surface area contributed by atoms with Crippen LogP contribution in [0.2, 0.25) is 0 Å². The molecule has 1 aliphatic heterocycles. The second-order valence-electron chi connectivity index (χ2n) is 3.86. The summed E-state index contributed by atoms with van der Waals surface area (Å²) in [5.41, 5.74) is 0. The Morgan fingerprint density at radius 2 is 2.43 bits per heavy atom. The Labute approximate surface area is 86.6 Å². The van der Waals surface area contributed by atoms with Crippen molar-refractivity contribution in [2.75, 3.05) is 46.9 Å². The highest BCUT2D eigenvalue weighted by atomic mass is 16.5. The summed E-state index contributed by atoms with van der Waals surface area (Å²) in [6, 6.07) is 0. The quantitative estimate of drug-likeness (QED) is 0.677. The molecule has 0 aromatic carbocycles. The van der Waals surface area contributed by atoms with Gasteiger partial charge in [-0.15, -0.1) is 0 Å². The molecular formula is C10H22N2O2. The zero-order chi connectivity index (χ0) is 10.4. The molecule has 0 bridgehead atoms. The first-order valence-electron chi connectivity index (χ1n) is 5.27. The highest BCUT2D eigenvalue weighted by molar-refractivity contribution is 4.74. The summed E-state index contributed by atoms with van der Waals surface area (Å²) in [5, 5.41) is 3.14. The van der Waals surface area contributed by atoms with Gasteiger partial charge in [-0.2, -0.15) is 0 Å². The highest BCUT2D eigenvalue weighted by Gasteiger charge is 2.20. The maximum atomic E-state index is 5.62. The van der Waals surface area contributed by atoms with Crippen LogP contribution in [0.1, 0.15) is 6.92 Å². The van der Waals surface area contributed by atoms with Gasteiger partial charge in [-0.25, -0.2) is 0 Å². The van der Waals surface area contributed by atoms with Gasteiger partial charge in [0.2, 0.25) is 0 Å². The van der Waals surface area contributed by atoms with Crippen molar-refractivity contribution in [2.45, 2.75) is 19.1 Å². The fraction of sp³-hybridized carbons (Fsp3) is 1.00. The van der Waals surface area contributed by atoms with Crippen molar-refractivity contribution in [3.05, 3.63) is 0 Å². The maximum Gasteiger partial charge on any atom is 0.0826 e. The second-order valence-corrected chi connectivity index (χ2v) is 3.86. The molecule has 1 heterocycles. The molecule has 4 nitrogen and oxygen atoms in total. The van der Waals surface area contributed by atoms with Crippen molar-refractivity contribution in [3.8, 4) is 0 Å². The van der Waals surface area contributed by atoms with E-state index in [2.05, 4.69) is 17.1 Å². The molecule has 2 unspecified atom stereocenters. The molecule has 0 saturated carbocycles. The van der Waals surface area contributed by atoms with Gasteiger partial charge >= 0.3 is 0 Å². The molecular weight excluding hydrogens is 180 g/mol. The van der Waals surface area contributed by atoms with E-state index in [9.17, 15) is 0 Å². The Balaban J connectivity index is 2.25. The minimum absolute atomic E-state index is 0.309. The number of methoxy groups -OCH3 is 1. The van der Waals surface area contributed by atoms with Gasteiger partial charge < -0.3 is 14.8 Å². The lowest BCUT2D eigenvalue weighted by Gasteiger charge is -2.34. The number of hydrogen-bond acceptors (Lipinski definition) is 4. The molecule has 1 fully saturated rings. The normalized spacial score (nSPS) is 26.4. The van der Waals surface area contributed by atoms with E-state index in [0.717, 1.165) is 32.8 Å². The lowest BCUT2D eigenvalue weighted by atomic mass is 10.2. The molecule has 14 heavy (non-hydrogen) atoms. The standard InChI is InChI=1S/C10H22N2O2/c1-9(13-3)7-12-4-5-14-10(8-12)6-11-2/h9-11H,4-8H2,1-3H3. The summed E-state index contributed by atoms with van der Waals surface area (Å²) in [5.74, 6) is 0. The molecule has 2 atom stereocenters. The van der Waals surface area contributed by atoms with Gasteiger partial charge in [-0.1, -0.05) is 0 Å². The van der Waals surface area contributed by atoms with Gasteiger partial charge in [0.05, 0.1) is 18.8 Å². The van der Waals surface area contributed by atoms with E-state index in [-0.39, 0.29) is 0 Å². The molecule has 84 valence electrons. The van der Waals surface area contributed by atoms with E-state index < -0.39 is 0 Å². The predicted molar refractivity (Wildman–Crippen MR) is 56.6 cm³/mol. The predicted octanol–water partition coefficient (Wildman–Crippen LogP) is -0.0585. The number of nitrogens with zero attached hydrogens (tertiary/aromatic N) is 1. The third-order valence-electron chi connectivity index (χ3n) is 2.57. The average molecular weight is 202 g/mol. The van der Waals surface area contributed by atoms with Crippen LogP contribution in [0.15, 0.2) is 0 Å². The largest absolute Gasteiger partial charge is 0.380 e. The van der Waals surface area contributed by atoms with E-state index in [1.54, 1.807) is 7.11 Å². The molecule has 0 aliphatic carbocycles. The molecule has 1 aliphatic rings. The summed E-state index contributed by atoms with van der Waals surface area (Å²) in [6.07, 6.45) is 0.640. The Morgan fingerprint density at radius 1 is 1.64 bits per heavy atom. The molecule has 0 radical (unpaired) electrons. The lowest BCUT2D eigenvalue weighted by Crippen LogP contribution is -2.48. The van der Waals surface area contributed by atoms with Gasteiger partial charge in [-0.05, 0) is 14.0 Å². The molecule has 1 saturated heterocycles. The van der Waals surface area contributed by atoms with Crippen LogP contribution in [0.25, 0.3) is 0 Å². The van der Waals surface area contributed by atoms with Crippen molar-refractivity contribution in [2.24, 2.45) is 0 Å². The molecule has 0 aromatic heterocycles. The minimum Gasteiger partial charge on any atom is -0.380 e. The van der Waals surface area contributed by atoms with Crippen molar-refractivity contribution in [1.82, 2.24) is 10.2 Å². The Bertz CT molecular complexity index is 153. The minimum atomic E-state index is 0.309. The molecule has 1 N–H and O–H groups in total. The molecule has 0 aromatic rings. The first kappa shape index (κ1) is 11.9. The average Bonchev–Trinajstić information content (AvgIpc) is 2.19. The van der Waals surface area contributed by atoms with E-state index in [1.165, 1.54) is 0 Å². The van der Waals surface area contributed by atoms with Gasteiger partial charge in [0.1, 0.15) is 0 Å². The van der Waals surface area contributed by atoms with E-state index in [0.29, 0.717) is 12.2 Å². The molecule has 1 rings (SSSR count). The monoisotopic (exact) mass is 202 g/mol. The summed E-state index contributed by atoms with van der Waals surface area (Å²) in [6.45, 7) is 6.89. The van der Waals surface area contributed by atoms with Crippen LogP contribution >= 0.6 is 0 Å². The third-order valence-corrected chi connectivity index (χ3v) is 2.57. The molecule has 0 spiro atoms. The van der Waals surface area contributed by atoms with Gasteiger partial charge in [0, 0.05) is 33.3 Å². The van der Waals surface area contributed by atoms with Crippen molar-refractivity contribution >= 4 is 0 Å². The zero-order valence-corrected chi connectivity index (χ0v) is 9.45. The number of likely N-dealkylation sites (N-methyl/N-ethyl adjacent to an activating group) is 1. The van der Waals surface area contributed by atoms with Gasteiger partial charge in [0.25, 0.3) is 0 Å². The van der Waals surface area contributed by atoms with Crippen LogP contribution in [0, 0.1) is 0 Å². The SMILES string of the molecule is CNCC1CN(CC(C)OC)CCO1. The summed E-state index contributed by atoms with van der Waals surface area (Å²) in [4.78, 5) is 2.40. The highest BCUT2D eigenvalue weighted by Crippen LogP contribution is 2.05. The van der Waals surface area contributed by atoms with Crippen molar-refractivity contribution in [3.63, 3.8) is 0 Å². The Kier molecular flexibility index (Phi) is 5.40. The van der Waals surface area contributed by atoms with E-state index in [4.69, 9.17) is 9.47 Å². The van der Waals surface area contributed by atoms with Crippen LogP contribution in [0.5, 0.6) is 0 Å². The second kappa shape index (κ2) is 6.35. The summed E-state index contributed by atoms with van der Waals surface area (Å²) in [7, 11) is 3.72. The fourth-order valence-electron chi connectivity index (χ4n) is 1.74.